The van der Waals surface area contributed by atoms with Gasteiger partial charge in [0.2, 0.25) is 0 Å². The number of phenols is 1. The summed E-state index contributed by atoms with van der Waals surface area (Å²) in [4.78, 5) is 33.4. The van der Waals surface area contributed by atoms with Crippen molar-refractivity contribution in [2.45, 2.75) is 39.3 Å². The van der Waals surface area contributed by atoms with Crippen molar-refractivity contribution in [2.75, 3.05) is 12.0 Å². The summed E-state index contributed by atoms with van der Waals surface area (Å²) in [5, 5.41) is 22.4. The topological polar surface area (TPSA) is 109 Å². The average molecular weight is 622 g/mol. The molecule has 2 aliphatic rings. The number of phenolic OH excluding ortho intramolecular Hbond substituents is 1. The highest BCUT2D eigenvalue weighted by atomic mass is 79.9. The molecule has 3 heterocycles. The number of methoxy groups -OCH3 is 1. The van der Waals surface area contributed by atoms with E-state index in [9.17, 15) is 19.8 Å². The first-order valence-electron chi connectivity index (χ1n) is 12.6. The third kappa shape index (κ3) is 4.13. The predicted octanol–water partition coefficient (Wildman–Crippen LogP) is 6.34. The minimum Gasteiger partial charge on any atom is -0.507 e. The van der Waals surface area contributed by atoms with Gasteiger partial charge in [0.25, 0.3) is 5.78 Å². The van der Waals surface area contributed by atoms with Gasteiger partial charge in [-0.25, -0.2) is 4.98 Å². The molecule has 0 aliphatic carbocycles. The number of fused-ring (bicyclic) bond motifs is 2. The van der Waals surface area contributed by atoms with Crippen molar-refractivity contribution < 1.29 is 29.3 Å². The summed E-state index contributed by atoms with van der Waals surface area (Å²) < 4.78 is 12.3. The van der Waals surface area contributed by atoms with Crippen LogP contribution in [0.15, 0.2) is 52.5 Å². The molecule has 2 N–H and O–H groups in total. The van der Waals surface area contributed by atoms with Crippen LogP contribution in [0.1, 0.15) is 40.8 Å². The number of halogens is 1. The number of amides is 1. The quantitative estimate of drug-likeness (QED) is 0.156. The van der Waals surface area contributed by atoms with E-state index >= 15 is 0 Å². The summed E-state index contributed by atoms with van der Waals surface area (Å²) >= 11 is 4.65. The summed E-state index contributed by atoms with van der Waals surface area (Å²) in [6, 6.07) is 11.4. The Morgan fingerprint density at radius 3 is 2.70 bits per heavy atom. The zero-order valence-electron chi connectivity index (χ0n) is 22.1. The van der Waals surface area contributed by atoms with Crippen molar-refractivity contribution in [3.63, 3.8) is 0 Å². The molecular weight excluding hydrogens is 596 g/mol. The fourth-order valence-corrected chi connectivity index (χ4v) is 7.07. The third-order valence-electron chi connectivity index (χ3n) is 7.22. The summed E-state index contributed by atoms with van der Waals surface area (Å²) in [5.74, 6) is -1.18. The first kappa shape index (κ1) is 26.3. The van der Waals surface area contributed by atoms with Crippen molar-refractivity contribution in [1.29, 1.82) is 0 Å². The number of carbonyl (C=O) groups excluding carboxylic acids is 2. The zero-order chi connectivity index (χ0) is 28.5. The minimum absolute atomic E-state index is 0.00548. The van der Waals surface area contributed by atoms with Gasteiger partial charge in [0.05, 0.1) is 33.4 Å². The number of aliphatic hydroxyl groups is 1. The minimum atomic E-state index is -1.03. The molecule has 2 atom stereocenters. The Balaban J connectivity index is 1.58. The Morgan fingerprint density at radius 1 is 1.18 bits per heavy atom. The van der Waals surface area contributed by atoms with E-state index in [1.807, 2.05) is 32.9 Å². The number of Topliss-reactive ketones (excluding diaryl/α,β-unsaturated/α-hetero) is 1. The molecule has 1 amide bonds. The third-order valence-corrected chi connectivity index (χ3v) is 8.83. The van der Waals surface area contributed by atoms with Gasteiger partial charge in [-0.3, -0.25) is 14.5 Å². The molecule has 204 valence electrons. The highest BCUT2D eigenvalue weighted by molar-refractivity contribution is 9.10. The largest absolute Gasteiger partial charge is 0.507 e. The second kappa shape index (κ2) is 9.64. The number of aryl methyl sites for hydroxylation is 2. The number of thiazole rings is 1. The zero-order valence-corrected chi connectivity index (χ0v) is 24.5. The van der Waals surface area contributed by atoms with Gasteiger partial charge in [-0.1, -0.05) is 17.4 Å². The molecule has 4 aromatic rings. The molecule has 8 nitrogen and oxygen atoms in total. The molecule has 0 bridgehead atoms. The van der Waals surface area contributed by atoms with Crippen molar-refractivity contribution in [1.82, 2.24) is 4.98 Å². The Bertz CT molecular complexity index is 1780. The maximum absolute atomic E-state index is 13.7. The molecule has 10 heteroatoms. The smallest absolute Gasteiger partial charge is 0.301 e. The van der Waals surface area contributed by atoms with E-state index in [1.54, 1.807) is 30.3 Å². The summed E-state index contributed by atoms with van der Waals surface area (Å²) in [7, 11) is 1.41. The number of ketones is 1. The van der Waals surface area contributed by atoms with Crippen molar-refractivity contribution in [3.05, 3.63) is 80.3 Å². The Hall–Kier alpha value is -3.89. The van der Waals surface area contributed by atoms with Crippen molar-refractivity contribution in [3.8, 4) is 17.2 Å². The number of rotatable bonds is 4. The van der Waals surface area contributed by atoms with Crippen LogP contribution in [0.2, 0.25) is 0 Å². The van der Waals surface area contributed by atoms with Crippen LogP contribution in [0.25, 0.3) is 16.0 Å². The maximum Gasteiger partial charge on any atom is 0.301 e. The van der Waals surface area contributed by atoms with E-state index in [2.05, 4.69) is 15.9 Å². The lowest BCUT2D eigenvalue weighted by atomic mass is 9.94. The van der Waals surface area contributed by atoms with Crippen LogP contribution >= 0.6 is 27.3 Å². The monoisotopic (exact) mass is 620 g/mol. The van der Waals surface area contributed by atoms with Crippen LogP contribution in [0.3, 0.4) is 0 Å². The Labute approximate surface area is 242 Å². The fourth-order valence-electron chi connectivity index (χ4n) is 5.44. The highest BCUT2D eigenvalue weighted by Gasteiger charge is 2.48. The molecule has 1 saturated heterocycles. The van der Waals surface area contributed by atoms with Gasteiger partial charge >= 0.3 is 5.91 Å². The summed E-state index contributed by atoms with van der Waals surface area (Å²) in [6.45, 7) is 5.90. The molecule has 2 unspecified atom stereocenters. The van der Waals surface area contributed by atoms with Gasteiger partial charge in [0.15, 0.2) is 16.6 Å². The molecule has 0 radical (unpaired) electrons. The number of aromatic nitrogens is 1. The van der Waals surface area contributed by atoms with Gasteiger partial charge in [-0.2, -0.15) is 0 Å². The lowest BCUT2D eigenvalue weighted by Gasteiger charge is -2.24. The standard InChI is InChI=1S/C30H25BrN2O6S/c1-13-7-14(2)24-22(8-13)40-30(32-24)33-25(18-11-19(31)27(35)21(12-18)38-4)23(28(36)29(33)37)26(34)16-5-6-20-17(10-16)9-15(3)39-20/h5-8,10-12,15,25,34-35H,9H2,1-4H3. The van der Waals surface area contributed by atoms with Gasteiger partial charge in [0, 0.05) is 12.0 Å². The van der Waals surface area contributed by atoms with Crippen molar-refractivity contribution in [2.24, 2.45) is 0 Å². The lowest BCUT2D eigenvalue weighted by Crippen LogP contribution is -2.29. The molecule has 6 rings (SSSR count). The molecule has 0 spiro atoms. The number of aromatic hydroxyl groups is 1. The highest BCUT2D eigenvalue weighted by Crippen LogP contribution is 2.48. The molecule has 3 aromatic carbocycles. The first-order valence-corrected chi connectivity index (χ1v) is 14.2. The van der Waals surface area contributed by atoms with Crippen molar-refractivity contribution >= 4 is 60.1 Å². The molecule has 1 fully saturated rings. The number of benzene rings is 3. The summed E-state index contributed by atoms with van der Waals surface area (Å²) in [5.41, 5.74) is 4.43. The van der Waals surface area contributed by atoms with Crippen LogP contribution in [-0.2, 0) is 16.0 Å². The van der Waals surface area contributed by atoms with Gasteiger partial charge in [-0.05, 0) is 95.4 Å². The SMILES string of the molecule is COc1cc(C2C(=C(O)c3ccc4c(c3)CC(C)O4)C(=O)C(=O)N2c2nc3c(C)cc(C)cc3s2)cc(Br)c1O. The average Bonchev–Trinajstić information content (AvgIpc) is 3.57. The van der Waals surface area contributed by atoms with E-state index in [0.29, 0.717) is 27.2 Å². The number of anilines is 1. The Kier molecular flexibility index (Phi) is 6.35. The maximum atomic E-state index is 13.7. The molecule has 40 heavy (non-hydrogen) atoms. The fraction of sp³-hybridized carbons (Fsp3) is 0.233. The molecular formula is C30H25BrN2O6S. The van der Waals surface area contributed by atoms with Crippen LogP contribution in [0, 0.1) is 13.8 Å². The van der Waals surface area contributed by atoms with Crippen LogP contribution in [0.5, 0.6) is 17.2 Å². The normalized spacial score (nSPS) is 19.8. The number of aliphatic hydroxyl groups excluding tert-OH is 1. The van der Waals surface area contributed by atoms with Crippen LogP contribution < -0.4 is 14.4 Å². The number of hydrogen-bond donors (Lipinski definition) is 2. The van der Waals surface area contributed by atoms with E-state index in [4.69, 9.17) is 14.5 Å². The number of carbonyl (C=O) groups is 2. The predicted molar refractivity (Wildman–Crippen MR) is 156 cm³/mol. The van der Waals surface area contributed by atoms with E-state index in [-0.39, 0.29) is 28.9 Å². The van der Waals surface area contributed by atoms with Crippen LogP contribution in [0.4, 0.5) is 5.13 Å². The lowest BCUT2D eigenvalue weighted by molar-refractivity contribution is -0.132. The second-order valence-corrected chi connectivity index (χ2v) is 12.0. The van der Waals surface area contributed by atoms with E-state index in [1.165, 1.54) is 23.3 Å². The molecule has 0 saturated carbocycles. The number of nitrogens with zero attached hydrogens (tertiary/aromatic N) is 2. The molecule has 1 aromatic heterocycles. The van der Waals surface area contributed by atoms with E-state index in [0.717, 1.165) is 32.7 Å². The van der Waals surface area contributed by atoms with Gasteiger partial charge in [-0.15, -0.1) is 0 Å². The van der Waals surface area contributed by atoms with Gasteiger partial charge in [0.1, 0.15) is 17.6 Å². The summed E-state index contributed by atoms with van der Waals surface area (Å²) in [6.07, 6.45) is 0.673. The van der Waals surface area contributed by atoms with E-state index < -0.39 is 17.7 Å². The van der Waals surface area contributed by atoms with Gasteiger partial charge < -0.3 is 19.7 Å². The first-order chi connectivity index (χ1) is 19.1. The number of ether oxygens (including phenoxy) is 2. The number of hydrogen-bond acceptors (Lipinski definition) is 8. The second-order valence-electron chi connectivity index (χ2n) is 10.1. The van der Waals surface area contributed by atoms with Crippen LogP contribution in [-0.4, -0.2) is 40.1 Å². The Morgan fingerprint density at radius 2 is 1.95 bits per heavy atom. The molecule has 2 aliphatic heterocycles.